The van der Waals surface area contributed by atoms with E-state index >= 15 is 0 Å². The molecule has 1 amide bonds. The summed E-state index contributed by atoms with van der Waals surface area (Å²) < 4.78 is 4.84. The molecule has 1 heterocycles. The Morgan fingerprint density at radius 1 is 1.16 bits per heavy atom. The number of likely N-dealkylation sites (tertiary alicyclic amines) is 1. The summed E-state index contributed by atoms with van der Waals surface area (Å²) in [6.07, 6.45) is 5.50. The largest absolute Gasteiger partial charge is 0.469 e. The van der Waals surface area contributed by atoms with E-state index in [9.17, 15) is 9.59 Å². The number of hydrogen-bond acceptors (Lipinski definition) is 4. The molecule has 25 heavy (non-hydrogen) atoms. The van der Waals surface area contributed by atoms with Crippen LogP contribution in [0, 0.1) is 5.92 Å². The minimum absolute atomic E-state index is 0.0275. The van der Waals surface area contributed by atoms with Crippen LogP contribution in [0.2, 0.25) is 0 Å². The van der Waals surface area contributed by atoms with Gasteiger partial charge in [-0.1, -0.05) is 30.3 Å². The van der Waals surface area contributed by atoms with Gasteiger partial charge in [-0.2, -0.15) is 0 Å². The molecule has 0 radical (unpaired) electrons. The maximum absolute atomic E-state index is 12.8. The topological polar surface area (TPSA) is 58.6 Å². The monoisotopic (exact) mass is 344 g/mol. The molecule has 2 fully saturated rings. The van der Waals surface area contributed by atoms with Gasteiger partial charge in [0.25, 0.3) is 0 Å². The third kappa shape index (κ3) is 4.60. The fourth-order valence-electron chi connectivity index (χ4n) is 4.00. The van der Waals surface area contributed by atoms with Crippen molar-refractivity contribution in [2.45, 2.75) is 57.2 Å². The minimum atomic E-state index is -0.0961. The summed E-state index contributed by atoms with van der Waals surface area (Å²) >= 11 is 0. The van der Waals surface area contributed by atoms with Gasteiger partial charge in [0.05, 0.1) is 19.1 Å². The first-order chi connectivity index (χ1) is 12.2. The maximum atomic E-state index is 12.8. The molecule has 1 aromatic carbocycles. The molecule has 0 bridgehead atoms. The molecule has 0 aromatic heterocycles. The van der Waals surface area contributed by atoms with Gasteiger partial charge in [0, 0.05) is 19.1 Å². The lowest BCUT2D eigenvalue weighted by Gasteiger charge is -2.36. The fraction of sp³-hybridized carbons (Fsp3) is 0.600. The summed E-state index contributed by atoms with van der Waals surface area (Å²) in [5.41, 5.74) is 1.18. The van der Waals surface area contributed by atoms with Crippen LogP contribution in [0.15, 0.2) is 30.3 Å². The molecule has 1 atom stereocenters. The molecule has 1 aromatic rings. The average Bonchev–Trinajstić information content (AvgIpc) is 2.66. The van der Waals surface area contributed by atoms with Crippen molar-refractivity contribution in [3.8, 4) is 0 Å². The van der Waals surface area contributed by atoms with Gasteiger partial charge >= 0.3 is 5.97 Å². The van der Waals surface area contributed by atoms with Crippen molar-refractivity contribution in [2.75, 3.05) is 13.7 Å². The third-order valence-corrected chi connectivity index (χ3v) is 5.45. The summed E-state index contributed by atoms with van der Waals surface area (Å²) in [7, 11) is 1.45. The molecule has 136 valence electrons. The third-order valence-electron chi connectivity index (χ3n) is 5.45. The number of esters is 1. The second kappa shape index (κ2) is 8.48. The van der Waals surface area contributed by atoms with E-state index in [4.69, 9.17) is 4.74 Å². The Morgan fingerprint density at radius 3 is 2.56 bits per heavy atom. The smallest absolute Gasteiger partial charge is 0.308 e. The number of amides is 1. The van der Waals surface area contributed by atoms with Crippen LogP contribution in [0.1, 0.15) is 44.1 Å². The lowest BCUT2D eigenvalue weighted by molar-refractivity contribution is -0.147. The maximum Gasteiger partial charge on any atom is 0.308 e. The van der Waals surface area contributed by atoms with Crippen molar-refractivity contribution in [1.29, 1.82) is 0 Å². The van der Waals surface area contributed by atoms with E-state index in [1.54, 1.807) is 0 Å². The molecule has 1 aliphatic carbocycles. The van der Waals surface area contributed by atoms with Crippen LogP contribution in [-0.4, -0.2) is 42.5 Å². The van der Waals surface area contributed by atoms with Crippen molar-refractivity contribution in [3.63, 3.8) is 0 Å². The van der Waals surface area contributed by atoms with Gasteiger partial charge in [-0.05, 0) is 44.1 Å². The summed E-state index contributed by atoms with van der Waals surface area (Å²) in [4.78, 5) is 26.4. The summed E-state index contributed by atoms with van der Waals surface area (Å²) in [5.74, 6) is 0.145. The standard InChI is InChI=1S/C20H28N2O3/c1-25-20(24)16-9-11-17(12-10-16)21-18-8-5-13-22(19(18)23)14-15-6-3-2-4-7-15/h2-4,6-7,16-18,21H,5,8-14H2,1H3. The molecular formula is C20H28N2O3. The van der Waals surface area contributed by atoms with Crippen molar-refractivity contribution >= 4 is 11.9 Å². The number of benzene rings is 1. The number of nitrogens with zero attached hydrogens (tertiary/aromatic N) is 1. The number of carbonyl (C=O) groups is 2. The van der Waals surface area contributed by atoms with E-state index in [0.29, 0.717) is 12.6 Å². The lowest BCUT2D eigenvalue weighted by Crippen LogP contribution is -2.53. The van der Waals surface area contributed by atoms with Crippen LogP contribution in [-0.2, 0) is 20.9 Å². The van der Waals surface area contributed by atoms with Crippen LogP contribution in [0.25, 0.3) is 0 Å². The fourth-order valence-corrected chi connectivity index (χ4v) is 4.00. The summed E-state index contributed by atoms with van der Waals surface area (Å²) in [5, 5.41) is 3.56. The molecule has 1 saturated heterocycles. The summed E-state index contributed by atoms with van der Waals surface area (Å²) in [6.45, 7) is 1.52. The van der Waals surface area contributed by atoms with Crippen LogP contribution in [0.3, 0.4) is 0 Å². The Balaban J connectivity index is 1.51. The molecule has 1 saturated carbocycles. The summed E-state index contributed by atoms with van der Waals surface area (Å²) in [6, 6.07) is 10.4. The van der Waals surface area contributed by atoms with Gasteiger partial charge in [-0.3, -0.25) is 9.59 Å². The highest BCUT2D eigenvalue weighted by molar-refractivity contribution is 5.82. The molecule has 1 aliphatic heterocycles. The number of hydrogen-bond donors (Lipinski definition) is 1. The predicted octanol–water partition coefficient (Wildman–Crippen LogP) is 2.50. The molecular weight excluding hydrogens is 316 g/mol. The zero-order valence-electron chi connectivity index (χ0n) is 14.9. The van der Waals surface area contributed by atoms with Crippen molar-refractivity contribution in [1.82, 2.24) is 10.2 Å². The highest BCUT2D eigenvalue weighted by atomic mass is 16.5. The second-order valence-corrected chi connectivity index (χ2v) is 7.18. The first-order valence-corrected chi connectivity index (χ1v) is 9.34. The van der Waals surface area contributed by atoms with Gasteiger partial charge in [0.1, 0.15) is 0 Å². The van der Waals surface area contributed by atoms with Gasteiger partial charge < -0.3 is 15.0 Å². The molecule has 1 N–H and O–H groups in total. The highest BCUT2D eigenvalue weighted by Crippen LogP contribution is 2.26. The highest BCUT2D eigenvalue weighted by Gasteiger charge is 2.33. The van der Waals surface area contributed by atoms with Crippen molar-refractivity contribution < 1.29 is 14.3 Å². The molecule has 5 heteroatoms. The number of nitrogens with one attached hydrogen (secondary N) is 1. The normalized spacial score (nSPS) is 27.2. The number of methoxy groups -OCH3 is 1. The van der Waals surface area contributed by atoms with E-state index < -0.39 is 0 Å². The zero-order valence-corrected chi connectivity index (χ0v) is 14.9. The Hall–Kier alpha value is -1.88. The molecule has 3 rings (SSSR count). The first-order valence-electron chi connectivity index (χ1n) is 9.34. The zero-order chi connectivity index (χ0) is 17.6. The van der Waals surface area contributed by atoms with Crippen molar-refractivity contribution in [3.05, 3.63) is 35.9 Å². The molecule has 5 nitrogen and oxygen atoms in total. The Bertz CT molecular complexity index is 582. The minimum Gasteiger partial charge on any atom is -0.469 e. The van der Waals surface area contributed by atoms with Crippen LogP contribution < -0.4 is 5.32 Å². The second-order valence-electron chi connectivity index (χ2n) is 7.18. The van der Waals surface area contributed by atoms with E-state index in [-0.39, 0.29) is 23.8 Å². The van der Waals surface area contributed by atoms with Crippen LogP contribution >= 0.6 is 0 Å². The molecule has 0 spiro atoms. The Morgan fingerprint density at radius 2 is 1.88 bits per heavy atom. The Kier molecular flexibility index (Phi) is 6.08. The lowest BCUT2D eigenvalue weighted by atomic mass is 9.85. The van der Waals surface area contributed by atoms with E-state index in [1.165, 1.54) is 12.7 Å². The van der Waals surface area contributed by atoms with Crippen LogP contribution in [0.5, 0.6) is 0 Å². The molecule has 1 unspecified atom stereocenters. The van der Waals surface area contributed by atoms with Gasteiger partial charge in [0.15, 0.2) is 0 Å². The molecule has 2 aliphatic rings. The number of ether oxygens (including phenoxy) is 1. The Labute approximate surface area is 149 Å². The van der Waals surface area contributed by atoms with Crippen LogP contribution in [0.4, 0.5) is 0 Å². The first kappa shape index (κ1) is 17.9. The number of rotatable bonds is 5. The average molecular weight is 344 g/mol. The van der Waals surface area contributed by atoms with E-state index in [0.717, 1.165) is 45.1 Å². The number of piperidine rings is 1. The quantitative estimate of drug-likeness (QED) is 0.834. The van der Waals surface area contributed by atoms with E-state index in [2.05, 4.69) is 17.4 Å². The van der Waals surface area contributed by atoms with E-state index in [1.807, 2.05) is 23.1 Å². The van der Waals surface area contributed by atoms with Gasteiger partial charge in [-0.15, -0.1) is 0 Å². The predicted molar refractivity (Wildman–Crippen MR) is 95.8 cm³/mol. The van der Waals surface area contributed by atoms with Gasteiger partial charge in [-0.25, -0.2) is 0 Å². The van der Waals surface area contributed by atoms with Crippen molar-refractivity contribution in [2.24, 2.45) is 5.92 Å². The van der Waals surface area contributed by atoms with Gasteiger partial charge in [0.2, 0.25) is 5.91 Å². The number of carbonyl (C=O) groups excluding carboxylic acids is 2. The SMILES string of the molecule is COC(=O)C1CCC(NC2CCCN(Cc3ccccc3)C2=O)CC1.